The normalized spacial score (nSPS) is 10.2. The first-order chi connectivity index (χ1) is 13.6. The fourth-order valence-electron chi connectivity index (χ4n) is 2.46. The molecule has 28 heavy (non-hydrogen) atoms. The maximum absolute atomic E-state index is 12.6. The van der Waals surface area contributed by atoms with Gasteiger partial charge in [-0.05, 0) is 49.7 Å². The van der Waals surface area contributed by atoms with Crippen LogP contribution in [-0.2, 0) is 9.53 Å². The highest BCUT2D eigenvalue weighted by atomic mass is 16.5. The van der Waals surface area contributed by atoms with E-state index in [1.807, 2.05) is 13.8 Å². The van der Waals surface area contributed by atoms with Crippen LogP contribution in [0.1, 0.15) is 30.6 Å². The molecule has 2 N–H and O–H groups in total. The number of methoxy groups -OCH3 is 1. The maximum Gasteiger partial charge on any atom is 0.255 e. The summed E-state index contributed by atoms with van der Waals surface area (Å²) in [6.07, 6.45) is 0.880. The van der Waals surface area contributed by atoms with Crippen LogP contribution in [0.3, 0.4) is 0 Å². The van der Waals surface area contributed by atoms with Crippen LogP contribution in [0.2, 0.25) is 0 Å². The van der Waals surface area contributed by atoms with Crippen LogP contribution in [0, 0.1) is 0 Å². The smallest absolute Gasteiger partial charge is 0.255 e. The summed E-state index contributed by atoms with van der Waals surface area (Å²) in [5, 5.41) is 5.52. The average Bonchev–Trinajstić information content (AvgIpc) is 2.67. The third kappa shape index (κ3) is 6.28. The van der Waals surface area contributed by atoms with E-state index >= 15 is 0 Å². The molecule has 0 saturated heterocycles. The quantitative estimate of drug-likeness (QED) is 0.650. The Hall–Kier alpha value is -3.06. The number of anilines is 2. The van der Waals surface area contributed by atoms with Crippen LogP contribution in [0.4, 0.5) is 11.4 Å². The lowest BCUT2D eigenvalue weighted by molar-refractivity contribution is -0.119. The van der Waals surface area contributed by atoms with E-state index in [4.69, 9.17) is 14.2 Å². The average molecular weight is 386 g/mol. The molecule has 0 radical (unpaired) electrons. The molecule has 150 valence electrons. The van der Waals surface area contributed by atoms with Gasteiger partial charge in [0, 0.05) is 24.0 Å². The van der Waals surface area contributed by atoms with Gasteiger partial charge in [-0.1, -0.05) is 13.0 Å². The van der Waals surface area contributed by atoms with E-state index in [9.17, 15) is 9.59 Å². The summed E-state index contributed by atoms with van der Waals surface area (Å²) in [4.78, 5) is 24.2. The molecule has 2 rings (SSSR count). The second kappa shape index (κ2) is 10.9. The fraction of sp³-hybridized carbons (Fsp3) is 0.333. The molecule has 0 atom stereocenters. The Morgan fingerprint density at radius 1 is 0.929 bits per heavy atom. The number of ether oxygens (including phenoxy) is 3. The highest BCUT2D eigenvalue weighted by Gasteiger charge is 2.12. The largest absolute Gasteiger partial charge is 0.490 e. The van der Waals surface area contributed by atoms with Gasteiger partial charge in [-0.2, -0.15) is 0 Å². The molecule has 7 heteroatoms. The van der Waals surface area contributed by atoms with Gasteiger partial charge < -0.3 is 24.8 Å². The molecule has 0 spiro atoms. The van der Waals surface area contributed by atoms with Crippen molar-refractivity contribution in [2.75, 3.05) is 37.6 Å². The minimum absolute atomic E-state index is 0.0384. The van der Waals surface area contributed by atoms with Crippen molar-refractivity contribution in [3.63, 3.8) is 0 Å². The summed E-state index contributed by atoms with van der Waals surface area (Å²) in [6, 6.07) is 12.0. The molecule has 7 nitrogen and oxygen atoms in total. The summed E-state index contributed by atoms with van der Waals surface area (Å²) >= 11 is 0. The van der Waals surface area contributed by atoms with Crippen molar-refractivity contribution < 1.29 is 23.8 Å². The molecule has 2 aromatic carbocycles. The van der Waals surface area contributed by atoms with Crippen molar-refractivity contribution in [2.45, 2.75) is 20.3 Å². The Morgan fingerprint density at radius 3 is 2.36 bits per heavy atom. The number of rotatable bonds is 10. The van der Waals surface area contributed by atoms with Crippen LogP contribution in [-0.4, -0.2) is 38.7 Å². The lowest BCUT2D eigenvalue weighted by atomic mass is 10.1. The van der Waals surface area contributed by atoms with Gasteiger partial charge in [-0.3, -0.25) is 9.59 Å². The van der Waals surface area contributed by atoms with Crippen molar-refractivity contribution in [1.82, 2.24) is 0 Å². The van der Waals surface area contributed by atoms with Gasteiger partial charge in [0.15, 0.2) is 11.5 Å². The molecular weight excluding hydrogens is 360 g/mol. The molecule has 2 aromatic rings. The monoisotopic (exact) mass is 386 g/mol. The van der Waals surface area contributed by atoms with Crippen molar-refractivity contribution in [3.8, 4) is 11.5 Å². The van der Waals surface area contributed by atoms with Gasteiger partial charge in [0.2, 0.25) is 5.91 Å². The van der Waals surface area contributed by atoms with E-state index in [0.717, 1.165) is 6.42 Å². The number of hydrogen-bond donors (Lipinski definition) is 2. The van der Waals surface area contributed by atoms with Gasteiger partial charge in [-0.25, -0.2) is 0 Å². The molecular formula is C21H26N2O5. The Bertz CT molecular complexity index is 807. The van der Waals surface area contributed by atoms with Crippen LogP contribution in [0.15, 0.2) is 42.5 Å². The van der Waals surface area contributed by atoms with Crippen molar-refractivity contribution in [3.05, 3.63) is 48.0 Å². The van der Waals surface area contributed by atoms with Crippen molar-refractivity contribution in [2.24, 2.45) is 0 Å². The Balaban J connectivity index is 2.11. The number of benzene rings is 2. The zero-order chi connectivity index (χ0) is 20.4. The highest BCUT2D eigenvalue weighted by Crippen LogP contribution is 2.29. The lowest BCUT2D eigenvalue weighted by Gasteiger charge is -2.13. The summed E-state index contributed by atoms with van der Waals surface area (Å²) < 4.78 is 16.0. The van der Waals surface area contributed by atoms with Gasteiger partial charge in [-0.15, -0.1) is 0 Å². The van der Waals surface area contributed by atoms with E-state index in [1.54, 1.807) is 42.5 Å². The number of carbonyl (C=O) groups excluding carboxylic acids is 2. The molecule has 0 saturated carbocycles. The first-order valence-corrected chi connectivity index (χ1v) is 9.17. The Kier molecular flexibility index (Phi) is 8.30. The summed E-state index contributed by atoms with van der Waals surface area (Å²) in [7, 11) is 1.45. The first-order valence-electron chi connectivity index (χ1n) is 9.17. The van der Waals surface area contributed by atoms with Gasteiger partial charge in [0.25, 0.3) is 5.91 Å². The molecule has 2 amide bonds. The molecule has 0 aliphatic heterocycles. The standard InChI is InChI=1S/C21H26N2O5/c1-4-11-28-18-10-9-15(12-19(18)27-5-2)21(25)23-17-8-6-7-16(13-17)22-20(24)14-26-3/h6-10,12-13H,4-5,11,14H2,1-3H3,(H,22,24)(H,23,25). The second-order valence-corrected chi connectivity index (χ2v) is 5.96. The predicted molar refractivity (Wildman–Crippen MR) is 108 cm³/mol. The van der Waals surface area contributed by atoms with Crippen molar-refractivity contribution >= 4 is 23.2 Å². The summed E-state index contributed by atoms with van der Waals surface area (Å²) in [5.41, 5.74) is 1.57. The Morgan fingerprint density at radius 2 is 1.68 bits per heavy atom. The third-order valence-electron chi connectivity index (χ3n) is 3.65. The Labute approximate surface area is 165 Å². The van der Waals surface area contributed by atoms with Crippen LogP contribution in [0.25, 0.3) is 0 Å². The summed E-state index contributed by atoms with van der Waals surface area (Å²) in [5.74, 6) is 0.589. The van der Waals surface area contributed by atoms with Crippen LogP contribution < -0.4 is 20.1 Å². The summed E-state index contributed by atoms with van der Waals surface area (Å²) in [6.45, 7) is 4.90. The molecule has 0 aliphatic rings. The molecule has 0 aromatic heterocycles. The van der Waals surface area contributed by atoms with E-state index in [0.29, 0.717) is 41.7 Å². The SMILES string of the molecule is CCCOc1ccc(C(=O)Nc2cccc(NC(=O)COC)c2)cc1OCC. The number of amides is 2. The molecule has 0 aliphatic carbocycles. The van der Waals surface area contributed by atoms with Crippen LogP contribution in [0.5, 0.6) is 11.5 Å². The first kappa shape index (κ1) is 21.2. The van der Waals surface area contributed by atoms with Gasteiger partial charge in [0.1, 0.15) is 6.61 Å². The zero-order valence-electron chi connectivity index (χ0n) is 16.4. The minimum atomic E-state index is -0.289. The topological polar surface area (TPSA) is 85.9 Å². The predicted octanol–water partition coefficient (Wildman–Crippen LogP) is 3.71. The van der Waals surface area contributed by atoms with E-state index in [1.165, 1.54) is 7.11 Å². The lowest BCUT2D eigenvalue weighted by Crippen LogP contribution is -2.17. The minimum Gasteiger partial charge on any atom is -0.490 e. The van der Waals surface area contributed by atoms with Crippen LogP contribution >= 0.6 is 0 Å². The molecule has 0 unspecified atom stereocenters. The van der Waals surface area contributed by atoms with Gasteiger partial charge >= 0.3 is 0 Å². The van der Waals surface area contributed by atoms with Crippen molar-refractivity contribution in [1.29, 1.82) is 0 Å². The highest BCUT2D eigenvalue weighted by molar-refractivity contribution is 6.05. The molecule has 0 heterocycles. The maximum atomic E-state index is 12.6. The van der Waals surface area contributed by atoms with E-state index in [-0.39, 0.29) is 18.4 Å². The number of hydrogen-bond acceptors (Lipinski definition) is 5. The van der Waals surface area contributed by atoms with E-state index < -0.39 is 0 Å². The number of nitrogens with one attached hydrogen (secondary N) is 2. The molecule has 0 fully saturated rings. The fourth-order valence-corrected chi connectivity index (χ4v) is 2.46. The van der Waals surface area contributed by atoms with Gasteiger partial charge in [0.05, 0.1) is 13.2 Å². The van der Waals surface area contributed by atoms with E-state index in [2.05, 4.69) is 10.6 Å². The second-order valence-electron chi connectivity index (χ2n) is 5.96. The molecule has 0 bridgehead atoms. The zero-order valence-corrected chi connectivity index (χ0v) is 16.4. The number of carbonyl (C=O) groups is 2. The third-order valence-corrected chi connectivity index (χ3v) is 3.65.